The van der Waals surface area contributed by atoms with Crippen molar-refractivity contribution < 1.29 is 9.90 Å². The molecule has 0 saturated heterocycles. The molecule has 3 fully saturated rings. The van der Waals surface area contributed by atoms with E-state index in [9.17, 15) is 9.90 Å². The van der Waals surface area contributed by atoms with Crippen LogP contribution in [-0.2, 0) is 4.79 Å². The number of hydrogen-bond acceptors (Lipinski definition) is 2. The molecule has 0 aromatic rings. The first-order chi connectivity index (χ1) is 11.5. The summed E-state index contributed by atoms with van der Waals surface area (Å²) in [5.74, 6) is 3.21. The summed E-state index contributed by atoms with van der Waals surface area (Å²) < 4.78 is 0. The van der Waals surface area contributed by atoms with E-state index in [2.05, 4.69) is 19.1 Å². The Morgan fingerprint density at radius 3 is 2.79 bits per heavy atom. The van der Waals surface area contributed by atoms with Crippen LogP contribution in [0.25, 0.3) is 0 Å². The molecule has 132 valence electrons. The van der Waals surface area contributed by atoms with Crippen molar-refractivity contribution >= 4 is 5.78 Å². The number of aliphatic hydroxyl groups is 1. The molecule has 0 aromatic heterocycles. The highest BCUT2D eigenvalue weighted by Crippen LogP contribution is 2.65. The molecular weight excluding hydrogens is 296 g/mol. The lowest BCUT2D eigenvalue weighted by Crippen LogP contribution is -2.52. The highest BCUT2D eigenvalue weighted by molar-refractivity contribution is 5.91. The van der Waals surface area contributed by atoms with Gasteiger partial charge < -0.3 is 5.11 Å². The number of fused-ring (bicyclic) bond motifs is 5. The van der Waals surface area contributed by atoms with E-state index in [-0.39, 0.29) is 5.41 Å². The zero-order chi connectivity index (χ0) is 16.9. The van der Waals surface area contributed by atoms with Gasteiger partial charge in [0.2, 0.25) is 0 Å². The van der Waals surface area contributed by atoms with E-state index < -0.39 is 5.60 Å². The molecule has 0 unspecified atom stereocenters. The molecule has 1 N–H and O–H groups in total. The predicted molar refractivity (Wildman–Crippen MR) is 96.5 cm³/mol. The third-order valence-corrected chi connectivity index (χ3v) is 8.31. The molecule has 0 radical (unpaired) electrons. The van der Waals surface area contributed by atoms with Crippen LogP contribution < -0.4 is 0 Å². The number of carbonyl (C=O) groups is 1. The summed E-state index contributed by atoms with van der Waals surface area (Å²) in [4.78, 5) is 11.8. The van der Waals surface area contributed by atoms with Gasteiger partial charge in [-0.15, -0.1) is 0 Å². The van der Waals surface area contributed by atoms with Crippen molar-refractivity contribution in [3.05, 3.63) is 23.8 Å². The average molecular weight is 328 g/mol. The van der Waals surface area contributed by atoms with E-state index in [0.29, 0.717) is 17.6 Å². The standard InChI is InChI=1S/C22H32O2/c1-3-4-11-22(24)13-10-20-19-7-5-15-14-16(23)6-8-17(15)18(19)9-12-21(20,22)2/h3-4,14,17-20,24H,5-13H2,1-2H3/b4-3+/t17-,18+,19+,20-,21-,22-/m0/s1. The smallest absolute Gasteiger partial charge is 0.155 e. The molecule has 0 heterocycles. The summed E-state index contributed by atoms with van der Waals surface area (Å²) in [6.07, 6.45) is 15.8. The number of allylic oxidation sites excluding steroid dienone is 2. The Labute approximate surface area is 146 Å². The Morgan fingerprint density at radius 1 is 1.17 bits per heavy atom. The Balaban J connectivity index is 1.60. The van der Waals surface area contributed by atoms with Crippen LogP contribution >= 0.6 is 0 Å². The second kappa shape index (κ2) is 5.83. The lowest BCUT2D eigenvalue weighted by Gasteiger charge is -2.55. The highest BCUT2D eigenvalue weighted by Gasteiger charge is 2.61. The average Bonchev–Trinajstić information content (AvgIpc) is 2.84. The van der Waals surface area contributed by atoms with E-state index in [1.54, 1.807) is 0 Å². The highest BCUT2D eigenvalue weighted by atomic mass is 16.3. The van der Waals surface area contributed by atoms with Crippen LogP contribution in [0.5, 0.6) is 0 Å². The summed E-state index contributed by atoms with van der Waals surface area (Å²) in [6.45, 7) is 4.43. The van der Waals surface area contributed by atoms with Gasteiger partial charge in [0.15, 0.2) is 5.78 Å². The van der Waals surface area contributed by atoms with Crippen LogP contribution in [0.15, 0.2) is 23.8 Å². The van der Waals surface area contributed by atoms with Crippen molar-refractivity contribution in [1.82, 2.24) is 0 Å². The molecule has 24 heavy (non-hydrogen) atoms. The fourth-order valence-corrected chi connectivity index (χ4v) is 6.94. The van der Waals surface area contributed by atoms with Crippen LogP contribution in [0.1, 0.15) is 71.6 Å². The van der Waals surface area contributed by atoms with Gasteiger partial charge in [-0.1, -0.05) is 24.6 Å². The summed E-state index contributed by atoms with van der Waals surface area (Å²) in [5.41, 5.74) is 1.03. The monoisotopic (exact) mass is 328 g/mol. The van der Waals surface area contributed by atoms with Crippen LogP contribution in [0.4, 0.5) is 0 Å². The van der Waals surface area contributed by atoms with Gasteiger partial charge in [-0.2, -0.15) is 0 Å². The topological polar surface area (TPSA) is 37.3 Å². The van der Waals surface area contributed by atoms with Crippen molar-refractivity contribution in [2.45, 2.75) is 77.2 Å². The maximum atomic E-state index is 11.8. The SMILES string of the molecule is C/C=C/C[C@]1(O)CC[C@H]2[C@@H]3CCC4=CC(=O)CC[C@@H]4[C@H]3CC[C@@]21C. The molecule has 0 amide bonds. The zero-order valence-corrected chi connectivity index (χ0v) is 15.3. The molecule has 4 rings (SSSR count). The first kappa shape index (κ1) is 16.6. The molecule has 0 aliphatic heterocycles. The van der Waals surface area contributed by atoms with Gasteiger partial charge in [0.25, 0.3) is 0 Å². The van der Waals surface area contributed by atoms with Gasteiger partial charge in [0.1, 0.15) is 0 Å². The molecule has 4 aliphatic carbocycles. The second-order valence-corrected chi connectivity index (χ2v) is 9.10. The minimum absolute atomic E-state index is 0.0827. The quantitative estimate of drug-likeness (QED) is 0.738. The van der Waals surface area contributed by atoms with Gasteiger partial charge in [-0.25, -0.2) is 0 Å². The minimum Gasteiger partial charge on any atom is -0.389 e. The van der Waals surface area contributed by atoms with Crippen molar-refractivity contribution in [2.24, 2.45) is 29.1 Å². The normalized spacial score (nSPS) is 48.0. The molecule has 3 saturated carbocycles. The van der Waals surface area contributed by atoms with Crippen LogP contribution in [0.3, 0.4) is 0 Å². The lowest BCUT2D eigenvalue weighted by molar-refractivity contribution is -0.120. The van der Waals surface area contributed by atoms with Gasteiger partial charge >= 0.3 is 0 Å². The Bertz CT molecular complexity index is 589. The van der Waals surface area contributed by atoms with E-state index in [4.69, 9.17) is 0 Å². The fraction of sp³-hybridized carbons (Fsp3) is 0.773. The summed E-state index contributed by atoms with van der Waals surface area (Å²) in [5, 5.41) is 11.4. The second-order valence-electron chi connectivity index (χ2n) is 9.10. The third-order valence-electron chi connectivity index (χ3n) is 8.31. The van der Waals surface area contributed by atoms with E-state index >= 15 is 0 Å². The Kier molecular flexibility index (Phi) is 4.03. The van der Waals surface area contributed by atoms with Gasteiger partial charge in [0, 0.05) is 6.42 Å². The fourth-order valence-electron chi connectivity index (χ4n) is 6.94. The Morgan fingerprint density at radius 2 is 2.00 bits per heavy atom. The van der Waals surface area contributed by atoms with Gasteiger partial charge in [-0.05, 0) is 93.5 Å². The largest absolute Gasteiger partial charge is 0.389 e. The molecule has 0 aromatic carbocycles. The molecule has 2 heteroatoms. The predicted octanol–water partition coefficient (Wildman–Crippen LogP) is 4.83. The van der Waals surface area contributed by atoms with Crippen molar-refractivity contribution in [2.75, 3.05) is 0 Å². The van der Waals surface area contributed by atoms with Crippen LogP contribution in [0, 0.1) is 29.1 Å². The number of rotatable bonds is 2. The Hall–Kier alpha value is -0.890. The van der Waals surface area contributed by atoms with Crippen LogP contribution in [-0.4, -0.2) is 16.5 Å². The van der Waals surface area contributed by atoms with E-state index in [1.807, 2.05) is 13.0 Å². The third kappa shape index (κ3) is 2.29. The molecular formula is C22H32O2. The summed E-state index contributed by atoms with van der Waals surface area (Å²) >= 11 is 0. The summed E-state index contributed by atoms with van der Waals surface area (Å²) in [6, 6.07) is 0. The van der Waals surface area contributed by atoms with E-state index in [1.165, 1.54) is 24.8 Å². The minimum atomic E-state index is -0.506. The summed E-state index contributed by atoms with van der Waals surface area (Å²) in [7, 11) is 0. The maximum absolute atomic E-state index is 11.8. The molecule has 0 spiro atoms. The molecule has 0 bridgehead atoms. The zero-order valence-electron chi connectivity index (χ0n) is 15.3. The van der Waals surface area contributed by atoms with Gasteiger partial charge in [-0.3, -0.25) is 4.79 Å². The molecule has 6 atom stereocenters. The number of hydrogen-bond donors (Lipinski definition) is 1. The molecule has 2 nitrogen and oxygen atoms in total. The van der Waals surface area contributed by atoms with Crippen molar-refractivity contribution in [3.8, 4) is 0 Å². The van der Waals surface area contributed by atoms with Gasteiger partial charge in [0.05, 0.1) is 5.60 Å². The van der Waals surface area contributed by atoms with E-state index in [0.717, 1.165) is 50.4 Å². The lowest BCUT2D eigenvalue weighted by atomic mass is 9.50. The first-order valence-electron chi connectivity index (χ1n) is 10.1. The maximum Gasteiger partial charge on any atom is 0.155 e. The first-order valence-corrected chi connectivity index (χ1v) is 10.1. The number of ketones is 1. The number of carbonyl (C=O) groups excluding carboxylic acids is 1. The van der Waals surface area contributed by atoms with Crippen molar-refractivity contribution in [3.63, 3.8) is 0 Å². The van der Waals surface area contributed by atoms with Crippen LogP contribution in [0.2, 0.25) is 0 Å². The van der Waals surface area contributed by atoms with Crippen molar-refractivity contribution in [1.29, 1.82) is 0 Å². The molecule has 4 aliphatic rings.